The van der Waals surface area contributed by atoms with Gasteiger partial charge in [0.25, 0.3) is 10.0 Å². The highest BCUT2D eigenvalue weighted by Crippen LogP contribution is 2.54. The van der Waals surface area contributed by atoms with Crippen LogP contribution in [-0.4, -0.2) is 26.5 Å². The fourth-order valence-electron chi connectivity index (χ4n) is 4.70. The summed E-state index contributed by atoms with van der Waals surface area (Å²) < 4.78 is 34.3. The smallest absolute Gasteiger partial charge is 0.265 e. The molecule has 0 saturated heterocycles. The molecule has 3 aromatic rings. The Kier molecular flexibility index (Phi) is 5.14. The molecule has 7 nitrogen and oxygen atoms in total. The zero-order chi connectivity index (χ0) is 23.2. The lowest BCUT2D eigenvalue weighted by Crippen LogP contribution is -2.40. The number of anilines is 2. The number of methoxy groups -OCH3 is 1. The zero-order valence-corrected chi connectivity index (χ0v) is 18.9. The zero-order valence-electron chi connectivity index (χ0n) is 18.0. The van der Waals surface area contributed by atoms with Crippen molar-refractivity contribution in [2.24, 2.45) is 0 Å². The highest BCUT2D eigenvalue weighted by molar-refractivity contribution is 7.92. The molecule has 170 valence electrons. The predicted molar refractivity (Wildman–Crippen MR) is 125 cm³/mol. The van der Waals surface area contributed by atoms with Gasteiger partial charge in [-0.2, -0.15) is 0 Å². The Morgan fingerprint density at radius 1 is 1.06 bits per heavy atom. The van der Waals surface area contributed by atoms with Gasteiger partial charge in [0.15, 0.2) is 0 Å². The topological polar surface area (TPSA) is 105 Å². The molecule has 0 bridgehead atoms. The van der Waals surface area contributed by atoms with Crippen LogP contribution in [0.4, 0.5) is 11.4 Å². The number of nitrogens with one attached hydrogen (secondary N) is 2. The molecule has 3 aromatic carbocycles. The molecule has 1 amide bonds. The van der Waals surface area contributed by atoms with Crippen LogP contribution in [0.15, 0.2) is 71.6 Å². The first-order valence-corrected chi connectivity index (χ1v) is 12.2. The number of para-hydroxylation sites is 1. The van der Waals surface area contributed by atoms with Gasteiger partial charge in [0.1, 0.15) is 16.7 Å². The SMILES string of the molecule is COc1ccccc1S(=O)(=O)Nc1cc(C(O)c2ccccc2)c2c(c1)C1(CCC1)C(=O)N2. The first-order chi connectivity index (χ1) is 15.9. The number of carbonyl (C=O) groups excluding carboxylic acids is 1. The first-order valence-electron chi connectivity index (χ1n) is 10.7. The number of amides is 1. The van der Waals surface area contributed by atoms with Gasteiger partial charge in [-0.25, -0.2) is 8.42 Å². The van der Waals surface area contributed by atoms with E-state index in [4.69, 9.17) is 4.74 Å². The number of ether oxygens (including phenoxy) is 1. The van der Waals surface area contributed by atoms with Gasteiger partial charge in [-0.15, -0.1) is 0 Å². The Hall–Kier alpha value is -3.36. The van der Waals surface area contributed by atoms with Gasteiger partial charge in [0.05, 0.1) is 18.2 Å². The molecule has 8 heteroatoms. The van der Waals surface area contributed by atoms with E-state index >= 15 is 0 Å². The van der Waals surface area contributed by atoms with E-state index in [1.54, 1.807) is 42.5 Å². The lowest BCUT2D eigenvalue weighted by Gasteiger charge is -2.36. The minimum Gasteiger partial charge on any atom is -0.495 e. The van der Waals surface area contributed by atoms with Gasteiger partial charge < -0.3 is 15.2 Å². The van der Waals surface area contributed by atoms with Gasteiger partial charge in [0.2, 0.25) is 5.91 Å². The van der Waals surface area contributed by atoms with E-state index in [1.807, 2.05) is 18.2 Å². The lowest BCUT2D eigenvalue weighted by molar-refractivity contribution is -0.123. The monoisotopic (exact) mass is 464 g/mol. The average Bonchev–Trinajstić information content (AvgIpc) is 3.10. The molecular formula is C25H24N2O5S. The van der Waals surface area contributed by atoms with Crippen molar-refractivity contribution in [1.82, 2.24) is 0 Å². The largest absolute Gasteiger partial charge is 0.495 e. The first kappa shape index (κ1) is 21.5. The summed E-state index contributed by atoms with van der Waals surface area (Å²) in [5, 5.41) is 14.1. The van der Waals surface area contributed by atoms with E-state index in [1.165, 1.54) is 13.2 Å². The summed E-state index contributed by atoms with van der Waals surface area (Å²) in [7, 11) is -2.57. The molecule has 2 aliphatic rings. The van der Waals surface area contributed by atoms with Crippen molar-refractivity contribution in [2.45, 2.75) is 35.7 Å². The summed E-state index contributed by atoms with van der Waals surface area (Å²) in [4.78, 5) is 12.9. The molecule has 1 saturated carbocycles. The van der Waals surface area contributed by atoms with Crippen LogP contribution in [0.2, 0.25) is 0 Å². The van der Waals surface area contributed by atoms with Gasteiger partial charge >= 0.3 is 0 Å². The Balaban J connectivity index is 1.63. The molecule has 1 aliphatic heterocycles. The summed E-state index contributed by atoms with van der Waals surface area (Å²) in [6.07, 6.45) is 1.26. The van der Waals surface area contributed by atoms with E-state index in [-0.39, 0.29) is 22.2 Å². The van der Waals surface area contributed by atoms with Crippen LogP contribution in [0, 0.1) is 0 Å². The minimum absolute atomic E-state index is 0.00529. The Labute approximate surface area is 192 Å². The maximum Gasteiger partial charge on any atom is 0.265 e. The molecule has 5 rings (SSSR count). The van der Waals surface area contributed by atoms with Crippen LogP contribution in [0.1, 0.15) is 42.1 Å². The fourth-order valence-corrected chi connectivity index (χ4v) is 5.92. The molecule has 1 aliphatic carbocycles. The molecular weight excluding hydrogens is 440 g/mol. The summed E-state index contributed by atoms with van der Waals surface area (Å²) in [5.41, 5.74) is 2.00. The molecule has 1 spiro atoms. The van der Waals surface area contributed by atoms with E-state index in [0.717, 1.165) is 12.0 Å². The third-order valence-corrected chi connectivity index (χ3v) is 8.01. The number of aliphatic hydroxyl groups excluding tert-OH is 1. The highest BCUT2D eigenvalue weighted by Gasteiger charge is 2.52. The van der Waals surface area contributed by atoms with Gasteiger partial charge in [0, 0.05) is 11.3 Å². The molecule has 3 N–H and O–H groups in total. The normalized spacial score (nSPS) is 17.1. The fraction of sp³-hybridized carbons (Fsp3) is 0.240. The number of hydrogen-bond donors (Lipinski definition) is 3. The van der Waals surface area contributed by atoms with Crippen molar-refractivity contribution in [3.05, 3.63) is 83.4 Å². The molecule has 1 unspecified atom stereocenters. The number of benzene rings is 3. The molecule has 1 fully saturated rings. The summed E-state index contributed by atoms with van der Waals surface area (Å²) in [6.45, 7) is 0. The van der Waals surface area contributed by atoms with Crippen molar-refractivity contribution in [3.8, 4) is 5.75 Å². The molecule has 0 radical (unpaired) electrons. The lowest BCUT2D eigenvalue weighted by atomic mass is 9.65. The number of fused-ring (bicyclic) bond motifs is 2. The average molecular weight is 465 g/mol. The van der Waals surface area contributed by atoms with Crippen molar-refractivity contribution in [3.63, 3.8) is 0 Å². The van der Waals surface area contributed by atoms with Crippen molar-refractivity contribution in [1.29, 1.82) is 0 Å². The van der Waals surface area contributed by atoms with Crippen molar-refractivity contribution in [2.75, 3.05) is 17.1 Å². The Morgan fingerprint density at radius 3 is 2.42 bits per heavy atom. The Bertz CT molecular complexity index is 1330. The second kappa shape index (κ2) is 7.90. The summed E-state index contributed by atoms with van der Waals surface area (Å²) >= 11 is 0. The Morgan fingerprint density at radius 2 is 1.76 bits per heavy atom. The second-order valence-electron chi connectivity index (χ2n) is 8.45. The van der Waals surface area contributed by atoms with Crippen molar-refractivity contribution >= 4 is 27.3 Å². The number of carbonyl (C=O) groups is 1. The van der Waals surface area contributed by atoms with E-state index in [9.17, 15) is 18.3 Å². The maximum atomic E-state index is 13.2. The second-order valence-corrected chi connectivity index (χ2v) is 10.1. The maximum absolute atomic E-state index is 13.2. The van der Waals surface area contributed by atoms with E-state index < -0.39 is 21.5 Å². The minimum atomic E-state index is -3.98. The van der Waals surface area contributed by atoms with E-state index in [2.05, 4.69) is 10.0 Å². The molecule has 1 atom stereocenters. The van der Waals surface area contributed by atoms with Gasteiger partial charge in [-0.3, -0.25) is 9.52 Å². The number of aliphatic hydroxyl groups is 1. The van der Waals surface area contributed by atoms with Crippen LogP contribution >= 0.6 is 0 Å². The van der Waals surface area contributed by atoms with Gasteiger partial charge in [-0.1, -0.05) is 48.9 Å². The number of sulfonamides is 1. The third-order valence-electron chi connectivity index (χ3n) is 6.59. The van der Waals surface area contributed by atoms with Crippen LogP contribution in [0.25, 0.3) is 0 Å². The van der Waals surface area contributed by atoms with Crippen LogP contribution in [-0.2, 0) is 20.2 Å². The standard InChI is InChI=1S/C25H24N2O5S/c1-32-20-10-5-6-11-21(20)33(30,31)27-17-14-18(23(28)16-8-3-2-4-9-16)22-19(15-17)25(12-7-13-25)24(29)26-22/h2-6,8-11,14-15,23,27-28H,7,12-13H2,1H3,(H,26,29). The summed E-state index contributed by atoms with van der Waals surface area (Å²) in [6, 6.07) is 18.7. The van der Waals surface area contributed by atoms with Crippen LogP contribution < -0.4 is 14.8 Å². The molecule has 0 aromatic heterocycles. The number of hydrogen-bond acceptors (Lipinski definition) is 5. The third kappa shape index (κ3) is 3.46. The number of rotatable bonds is 6. The predicted octanol–water partition coefficient (Wildman–Crippen LogP) is 3.95. The van der Waals surface area contributed by atoms with Crippen LogP contribution in [0.5, 0.6) is 5.75 Å². The van der Waals surface area contributed by atoms with Gasteiger partial charge in [-0.05, 0) is 48.2 Å². The molecule has 33 heavy (non-hydrogen) atoms. The van der Waals surface area contributed by atoms with E-state index in [0.29, 0.717) is 29.7 Å². The summed E-state index contributed by atoms with van der Waals surface area (Å²) in [5.74, 6) is 0.123. The highest BCUT2D eigenvalue weighted by atomic mass is 32.2. The van der Waals surface area contributed by atoms with Crippen LogP contribution in [0.3, 0.4) is 0 Å². The van der Waals surface area contributed by atoms with Crippen molar-refractivity contribution < 1.29 is 23.1 Å². The quantitative estimate of drug-likeness (QED) is 0.512. The molecule has 1 heterocycles.